The molecule has 2 rings (SSSR count). The van der Waals surface area contributed by atoms with E-state index in [0.29, 0.717) is 0 Å². The molecule has 0 amide bonds. The first-order valence-corrected chi connectivity index (χ1v) is 9.19. The first-order chi connectivity index (χ1) is 10.3. The van der Waals surface area contributed by atoms with Gasteiger partial charge in [-0.3, -0.25) is 11.3 Å². The molecule has 1 atom stereocenters. The summed E-state index contributed by atoms with van der Waals surface area (Å²) in [7, 11) is 0. The van der Waals surface area contributed by atoms with E-state index in [9.17, 15) is 0 Å². The Morgan fingerprint density at radius 3 is 2.76 bits per heavy atom. The first-order valence-electron chi connectivity index (χ1n) is 8.14. The molecule has 1 aliphatic carbocycles. The molecule has 3 nitrogen and oxygen atoms in total. The fourth-order valence-corrected chi connectivity index (χ4v) is 4.21. The molecule has 0 aromatic heterocycles. The van der Waals surface area contributed by atoms with Crippen LogP contribution < -0.4 is 16.0 Å². The van der Waals surface area contributed by atoms with Crippen LogP contribution in [0.1, 0.15) is 57.1 Å². The van der Waals surface area contributed by atoms with Crippen LogP contribution in [-0.2, 0) is 0 Å². The maximum atomic E-state index is 5.86. The number of nitrogens with one attached hydrogen (secondary N) is 1. The van der Waals surface area contributed by atoms with E-state index in [1.54, 1.807) is 0 Å². The molecule has 4 heteroatoms. The van der Waals surface area contributed by atoms with Gasteiger partial charge in [-0.1, -0.05) is 44.4 Å². The Bertz CT molecular complexity index is 408. The van der Waals surface area contributed by atoms with Gasteiger partial charge in [0.1, 0.15) is 5.75 Å². The minimum Gasteiger partial charge on any atom is -0.493 e. The van der Waals surface area contributed by atoms with Crippen LogP contribution >= 0.6 is 11.8 Å². The van der Waals surface area contributed by atoms with Crippen molar-refractivity contribution < 1.29 is 4.74 Å². The Balaban J connectivity index is 1.95. The predicted octanol–water partition coefficient (Wildman–Crippen LogP) is 4.05. The summed E-state index contributed by atoms with van der Waals surface area (Å²) in [6.45, 7) is 2.88. The van der Waals surface area contributed by atoms with E-state index in [1.165, 1.54) is 37.7 Å². The predicted molar refractivity (Wildman–Crippen MR) is 91.6 cm³/mol. The Kier molecular flexibility index (Phi) is 7.41. The van der Waals surface area contributed by atoms with E-state index < -0.39 is 0 Å². The maximum Gasteiger partial charge on any atom is 0.124 e. The molecule has 0 radical (unpaired) electrons. The minimum absolute atomic E-state index is 0.157. The van der Waals surface area contributed by atoms with E-state index in [0.717, 1.165) is 29.8 Å². The molecule has 1 aromatic carbocycles. The van der Waals surface area contributed by atoms with Gasteiger partial charge in [0.05, 0.1) is 12.6 Å². The minimum atomic E-state index is 0.157. The third-order valence-corrected chi connectivity index (χ3v) is 5.48. The molecule has 0 heterocycles. The number of rotatable bonds is 8. The van der Waals surface area contributed by atoms with Gasteiger partial charge in [-0.05, 0) is 25.3 Å². The van der Waals surface area contributed by atoms with E-state index in [1.807, 2.05) is 12.1 Å². The van der Waals surface area contributed by atoms with Gasteiger partial charge < -0.3 is 4.74 Å². The highest BCUT2D eigenvalue weighted by atomic mass is 32.2. The van der Waals surface area contributed by atoms with E-state index in [2.05, 4.69) is 36.2 Å². The van der Waals surface area contributed by atoms with Crippen molar-refractivity contribution in [2.75, 3.05) is 12.4 Å². The summed E-state index contributed by atoms with van der Waals surface area (Å²) in [5.74, 6) is 7.77. The van der Waals surface area contributed by atoms with Gasteiger partial charge in [-0.25, -0.2) is 0 Å². The number of hydrogen-bond donors (Lipinski definition) is 2. The van der Waals surface area contributed by atoms with Crippen molar-refractivity contribution in [1.29, 1.82) is 0 Å². The molecular weight excluding hydrogens is 280 g/mol. The number of hydrogen-bond acceptors (Lipinski definition) is 4. The molecule has 0 aliphatic heterocycles. The standard InChI is InChI=1S/C17H28N2OS/c1-2-12-20-17-11-7-6-10-15(17)16(19-18)13-21-14-8-4-3-5-9-14/h6-7,10-11,14,16,19H,2-5,8-9,12-13,18H2,1H3. The van der Waals surface area contributed by atoms with Gasteiger partial charge in [0.15, 0.2) is 0 Å². The van der Waals surface area contributed by atoms with Crippen molar-refractivity contribution in [1.82, 2.24) is 5.43 Å². The van der Waals surface area contributed by atoms with E-state index in [-0.39, 0.29) is 6.04 Å². The van der Waals surface area contributed by atoms with Gasteiger partial charge in [0.2, 0.25) is 0 Å². The molecule has 1 fully saturated rings. The smallest absolute Gasteiger partial charge is 0.124 e. The highest BCUT2D eigenvalue weighted by Gasteiger charge is 2.19. The second-order valence-corrected chi connectivity index (χ2v) is 7.03. The molecule has 1 aliphatic rings. The lowest BCUT2D eigenvalue weighted by molar-refractivity contribution is 0.311. The lowest BCUT2D eigenvalue weighted by Crippen LogP contribution is -2.30. The Labute approximate surface area is 133 Å². The zero-order valence-electron chi connectivity index (χ0n) is 13.0. The summed E-state index contributed by atoms with van der Waals surface area (Å²) in [4.78, 5) is 0. The van der Waals surface area contributed by atoms with Crippen LogP contribution in [0.5, 0.6) is 5.75 Å². The Morgan fingerprint density at radius 1 is 1.29 bits per heavy atom. The lowest BCUT2D eigenvalue weighted by atomic mass is 10.0. The molecule has 0 bridgehead atoms. The number of para-hydroxylation sites is 1. The SMILES string of the molecule is CCCOc1ccccc1C(CSC1CCCCC1)NN. The number of hydrazine groups is 1. The van der Waals surface area contributed by atoms with Crippen LogP contribution in [-0.4, -0.2) is 17.6 Å². The van der Waals surface area contributed by atoms with Crippen LogP contribution in [0.3, 0.4) is 0 Å². The monoisotopic (exact) mass is 308 g/mol. The van der Waals surface area contributed by atoms with Crippen LogP contribution in [0, 0.1) is 0 Å². The van der Waals surface area contributed by atoms with Gasteiger partial charge >= 0.3 is 0 Å². The van der Waals surface area contributed by atoms with Crippen molar-refractivity contribution in [3.05, 3.63) is 29.8 Å². The van der Waals surface area contributed by atoms with Crippen molar-refractivity contribution in [3.8, 4) is 5.75 Å². The molecule has 118 valence electrons. The molecule has 1 saturated carbocycles. The van der Waals surface area contributed by atoms with Crippen LogP contribution in [0.4, 0.5) is 0 Å². The summed E-state index contributed by atoms with van der Waals surface area (Å²) < 4.78 is 5.86. The fourth-order valence-electron chi connectivity index (χ4n) is 2.80. The second kappa shape index (κ2) is 9.34. The molecular formula is C17H28N2OS. The van der Waals surface area contributed by atoms with E-state index in [4.69, 9.17) is 10.6 Å². The molecule has 0 spiro atoms. The highest BCUT2D eigenvalue weighted by molar-refractivity contribution is 7.99. The second-order valence-electron chi connectivity index (χ2n) is 5.70. The van der Waals surface area contributed by atoms with Crippen molar-refractivity contribution in [2.24, 2.45) is 5.84 Å². The number of benzene rings is 1. The van der Waals surface area contributed by atoms with Crippen molar-refractivity contribution in [3.63, 3.8) is 0 Å². The highest BCUT2D eigenvalue weighted by Crippen LogP contribution is 2.33. The molecule has 21 heavy (non-hydrogen) atoms. The molecule has 1 unspecified atom stereocenters. The molecule has 0 saturated heterocycles. The summed E-state index contributed by atoms with van der Waals surface area (Å²) in [5, 5.41) is 0.804. The van der Waals surface area contributed by atoms with Gasteiger partial charge in [0, 0.05) is 16.6 Å². The van der Waals surface area contributed by atoms with Crippen LogP contribution in [0.25, 0.3) is 0 Å². The normalized spacial score (nSPS) is 17.6. The zero-order valence-corrected chi connectivity index (χ0v) is 13.8. The van der Waals surface area contributed by atoms with Crippen LogP contribution in [0.2, 0.25) is 0 Å². The summed E-state index contributed by atoms with van der Waals surface area (Å²) in [5.41, 5.74) is 4.15. The Hall–Kier alpha value is -0.710. The number of thioether (sulfide) groups is 1. The summed E-state index contributed by atoms with van der Waals surface area (Å²) in [6, 6.07) is 8.41. The van der Waals surface area contributed by atoms with Crippen molar-refractivity contribution in [2.45, 2.75) is 56.7 Å². The average Bonchev–Trinajstić information content (AvgIpc) is 2.55. The first kappa shape index (κ1) is 16.7. The van der Waals surface area contributed by atoms with Gasteiger partial charge in [0.25, 0.3) is 0 Å². The van der Waals surface area contributed by atoms with Gasteiger partial charge in [-0.15, -0.1) is 0 Å². The van der Waals surface area contributed by atoms with Crippen LogP contribution in [0.15, 0.2) is 24.3 Å². The average molecular weight is 308 g/mol. The number of nitrogens with two attached hydrogens (primary N) is 1. The quantitative estimate of drug-likeness (QED) is 0.562. The maximum absolute atomic E-state index is 5.86. The van der Waals surface area contributed by atoms with Crippen molar-refractivity contribution >= 4 is 11.8 Å². The lowest BCUT2D eigenvalue weighted by Gasteiger charge is -2.25. The van der Waals surface area contributed by atoms with Gasteiger partial charge in [-0.2, -0.15) is 11.8 Å². The fraction of sp³-hybridized carbons (Fsp3) is 0.647. The molecule has 1 aromatic rings. The largest absolute Gasteiger partial charge is 0.493 e. The third-order valence-electron chi connectivity index (χ3n) is 4.01. The summed E-state index contributed by atoms with van der Waals surface area (Å²) >= 11 is 2.06. The topological polar surface area (TPSA) is 47.3 Å². The molecule has 3 N–H and O–H groups in total. The third kappa shape index (κ3) is 5.20. The Morgan fingerprint density at radius 2 is 2.05 bits per heavy atom. The summed E-state index contributed by atoms with van der Waals surface area (Å²) in [6.07, 6.45) is 7.91. The zero-order chi connectivity index (χ0) is 14.9. The van der Waals surface area contributed by atoms with E-state index >= 15 is 0 Å². The number of ether oxygens (including phenoxy) is 1.